The molecule has 0 aliphatic rings. The number of nitrogens with zero attached hydrogens (tertiary/aromatic N) is 1. The number of aromatic nitrogens is 1. The van der Waals surface area contributed by atoms with E-state index in [1.807, 2.05) is 0 Å². The number of hydrogen-bond donors (Lipinski definition) is 1. The van der Waals surface area contributed by atoms with E-state index in [1.165, 1.54) is 30.5 Å². The van der Waals surface area contributed by atoms with Gasteiger partial charge in [-0.2, -0.15) is 0 Å². The summed E-state index contributed by atoms with van der Waals surface area (Å²) in [5.74, 6) is -2.31. The molecule has 92 valence electrons. The van der Waals surface area contributed by atoms with E-state index < -0.39 is 17.5 Å². The summed E-state index contributed by atoms with van der Waals surface area (Å²) in [5.41, 5.74) is -0.326. The molecule has 1 aromatic carbocycles. The minimum absolute atomic E-state index is 0.108. The molecule has 0 radical (unpaired) electrons. The number of amides is 1. The van der Waals surface area contributed by atoms with Crippen LogP contribution in [0.3, 0.4) is 0 Å². The molecule has 2 rings (SSSR count). The summed E-state index contributed by atoms with van der Waals surface area (Å²) >= 11 is 5.56. The van der Waals surface area contributed by atoms with Gasteiger partial charge in [-0.1, -0.05) is 17.7 Å². The van der Waals surface area contributed by atoms with Crippen molar-refractivity contribution < 1.29 is 13.6 Å². The molecular formula is C12H7ClF2N2O. The number of halogens is 3. The van der Waals surface area contributed by atoms with Gasteiger partial charge in [0.1, 0.15) is 0 Å². The van der Waals surface area contributed by atoms with Crippen molar-refractivity contribution >= 4 is 23.2 Å². The van der Waals surface area contributed by atoms with E-state index in [0.717, 1.165) is 6.20 Å². The van der Waals surface area contributed by atoms with Crippen LogP contribution in [-0.2, 0) is 0 Å². The molecule has 1 heterocycles. The molecule has 1 N–H and O–H groups in total. The van der Waals surface area contributed by atoms with Gasteiger partial charge in [-0.05, 0) is 18.2 Å². The first kappa shape index (κ1) is 12.4. The van der Waals surface area contributed by atoms with E-state index in [9.17, 15) is 13.6 Å². The SMILES string of the molecule is O=C(Nc1cccc(Cl)c1F)c1ccncc1F. The molecule has 0 unspecified atom stereocenters. The molecule has 0 aliphatic heterocycles. The molecule has 0 saturated carbocycles. The molecule has 0 atom stereocenters. The van der Waals surface area contributed by atoms with Gasteiger partial charge >= 0.3 is 0 Å². The fraction of sp³-hybridized carbons (Fsp3) is 0. The zero-order valence-corrected chi connectivity index (χ0v) is 9.71. The number of hydrogen-bond acceptors (Lipinski definition) is 2. The number of benzene rings is 1. The first-order chi connectivity index (χ1) is 8.59. The van der Waals surface area contributed by atoms with Crippen molar-refractivity contribution in [1.82, 2.24) is 4.98 Å². The van der Waals surface area contributed by atoms with Gasteiger partial charge in [-0.25, -0.2) is 8.78 Å². The third-order valence-corrected chi connectivity index (χ3v) is 2.51. The van der Waals surface area contributed by atoms with Crippen molar-refractivity contribution in [1.29, 1.82) is 0 Å². The van der Waals surface area contributed by atoms with Gasteiger partial charge < -0.3 is 5.32 Å². The van der Waals surface area contributed by atoms with Crippen molar-refractivity contribution in [3.8, 4) is 0 Å². The fourth-order valence-electron chi connectivity index (χ4n) is 1.35. The molecule has 0 aliphatic carbocycles. The van der Waals surface area contributed by atoms with Crippen LogP contribution >= 0.6 is 11.6 Å². The van der Waals surface area contributed by atoms with Crippen LogP contribution in [0.2, 0.25) is 5.02 Å². The number of carbonyl (C=O) groups excluding carboxylic acids is 1. The highest BCUT2D eigenvalue weighted by Crippen LogP contribution is 2.22. The molecule has 0 saturated heterocycles. The van der Waals surface area contributed by atoms with E-state index in [4.69, 9.17) is 11.6 Å². The Balaban J connectivity index is 2.27. The van der Waals surface area contributed by atoms with Crippen LogP contribution in [0.1, 0.15) is 10.4 Å². The normalized spacial score (nSPS) is 10.2. The second-order valence-corrected chi connectivity index (χ2v) is 3.82. The minimum Gasteiger partial charge on any atom is -0.319 e. The third-order valence-electron chi connectivity index (χ3n) is 2.22. The van der Waals surface area contributed by atoms with Crippen molar-refractivity contribution in [2.75, 3.05) is 5.32 Å². The van der Waals surface area contributed by atoms with Gasteiger partial charge in [-0.15, -0.1) is 0 Å². The van der Waals surface area contributed by atoms with E-state index in [2.05, 4.69) is 10.3 Å². The second-order valence-electron chi connectivity index (χ2n) is 3.41. The summed E-state index contributed by atoms with van der Waals surface area (Å²) in [6.45, 7) is 0. The number of anilines is 1. The molecule has 2 aromatic rings. The maximum Gasteiger partial charge on any atom is 0.258 e. The zero-order valence-electron chi connectivity index (χ0n) is 8.95. The topological polar surface area (TPSA) is 42.0 Å². The number of nitrogens with one attached hydrogen (secondary N) is 1. The number of carbonyl (C=O) groups is 1. The van der Waals surface area contributed by atoms with Crippen molar-refractivity contribution in [3.05, 3.63) is 58.9 Å². The van der Waals surface area contributed by atoms with Crippen LogP contribution < -0.4 is 5.32 Å². The third kappa shape index (κ3) is 2.46. The van der Waals surface area contributed by atoms with Crippen molar-refractivity contribution in [2.24, 2.45) is 0 Å². The lowest BCUT2D eigenvalue weighted by molar-refractivity contribution is 0.102. The van der Waals surface area contributed by atoms with E-state index in [1.54, 1.807) is 0 Å². The Morgan fingerprint density at radius 3 is 2.78 bits per heavy atom. The molecule has 6 heteroatoms. The molecular weight excluding hydrogens is 262 g/mol. The quantitative estimate of drug-likeness (QED) is 0.908. The van der Waals surface area contributed by atoms with E-state index >= 15 is 0 Å². The smallest absolute Gasteiger partial charge is 0.258 e. The number of rotatable bonds is 2. The van der Waals surface area contributed by atoms with Gasteiger partial charge in [0.2, 0.25) is 0 Å². The highest BCUT2D eigenvalue weighted by atomic mass is 35.5. The van der Waals surface area contributed by atoms with Gasteiger partial charge in [0.05, 0.1) is 22.5 Å². The predicted octanol–water partition coefficient (Wildman–Crippen LogP) is 3.27. The molecule has 1 aromatic heterocycles. The van der Waals surface area contributed by atoms with Crippen LogP contribution in [0, 0.1) is 11.6 Å². The largest absolute Gasteiger partial charge is 0.319 e. The second kappa shape index (κ2) is 5.10. The first-order valence-electron chi connectivity index (χ1n) is 4.94. The monoisotopic (exact) mass is 268 g/mol. The van der Waals surface area contributed by atoms with E-state index in [-0.39, 0.29) is 16.3 Å². The van der Waals surface area contributed by atoms with Crippen molar-refractivity contribution in [2.45, 2.75) is 0 Å². The van der Waals surface area contributed by atoms with Gasteiger partial charge in [0, 0.05) is 6.20 Å². The Labute approximate surface area is 106 Å². The molecule has 3 nitrogen and oxygen atoms in total. The average Bonchev–Trinajstić information content (AvgIpc) is 2.35. The minimum atomic E-state index is -0.780. The molecule has 0 bridgehead atoms. The highest BCUT2D eigenvalue weighted by molar-refractivity contribution is 6.31. The first-order valence-corrected chi connectivity index (χ1v) is 5.32. The lowest BCUT2D eigenvalue weighted by Crippen LogP contribution is -2.14. The summed E-state index contributed by atoms with van der Waals surface area (Å²) in [7, 11) is 0. The highest BCUT2D eigenvalue weighted by Gasteiger charge is 2.14. The van der Waals surface area contributed by atoms with Crippen LogP contribution in [0.4, 0.5) is 14.5 Å². The zero-order chi connectivity index (χ0) is 13.1. The maximum atomic E-state index is 13.5. The van der Waals surface area contributed by atoms with Crippen LogP contribution in [-0.4, -0.2) is 10.9 Å². The Morgan fingerprint density at radius 1 is 1.28 bits per heavy atom. The van der Waals surface area contributed by atoms with Crippen molar-refractivity contribution in [3.63, 3.8) is 0 Å². The summed E-state index contributed by atoms with van der Waals surface area (Å²) < 4.78 is 26.8. The Bertz CT molecular complexity index is 604. The maximum absolute atomic E-state index is 13.5. The van der Waals surface area contributed by atoms with E-state index in [0.29, 0.717) is 0 Å². The standard InChI is InChI=1S/C12H7ClF2N2O/c13-8-2-1-3-10(11(8)15)17-12(18)7-4-5-16-6-9(7)14/h1-6H,(H,17,18). The van der Waals surface area contributed by atoms with Gasteiger partial charge in [-0.3, -0.25) is 9.78 Å². The molecule has 0 fully saturated rings. The Kier molecular flexibility index (Phi) is 3.53. The lowest BCUT2D eigenvalue weighted by atomic mass is 10.2. The summed E-state index contributed by atoms with van der Waals surface area (Å²) in [5, 5.41) is 2.12. The van der Waals surface area contributed by atoms with Gasteiger partial charge in [0.15, 0.2) is 11.6 Å². The van der Waals surface area contributed by atoms with Crippen LogP contribution in [0.15, 0.2) is 36.7 Å². The Morgan fingerprint density at radius 2 is 2.06 bits per heavy atom. The predicted molar refractivity (Wildman–Crippen MR) is 63.6 cm³/mol. The summed E-state index contributed by atoms with van der Waals surface area (Å²) in [4.78, 5) is 15.2. The summed E-state index contributed by atoms with van der Waals surface area (Å²) in [6.07, 6.45) is 2.18. The lowest BCUT2D eigenvalue weighted by Gasteiger charge is -2.07. The molecule has 18 heavy (non-hydrogen) atoms. The molecule has 1 amide bonds. The fourth-order valence-corrected chi connectivity index (χ4v) is 1.52. The van der Waals surface area contributed by atoms with Crippen LogP contribution in [0.5, 0.6) is 0 Å². The summed E-state index contributed by atoms with van der Waals surface area (Å²) in [6, 6.07) is 5.36. The van der Waals surface area contributed by atoms with Gasteiger partial charge in [0.25, 0.3) is 5.91 Å². The number of pyridine rings is 1. The van der Waals surface area contributed by atoms with Crippen LogP contribution in [0.25, 0.3) is 0 Å². The average molecular weight is 269 g/mol. The Hall–Kier alpha value is -2.01. The molecule has 0 spiro atoms.